The molecule has 0 radical (unpaired) electrons. The van der Waals surface area contributed by atoms with E-state index in [1.165, 1.54) is 34.0 Å². The number of aliphatic imine (C=N–C) groups is 2. The number of ether oxygens (including phenoxy) is 2. The van der Waals surface area contributed by atoms with Gasteiger partial charge in [-0.25, -0.2) is 9.98 Å². The van der Waals surface area contributed by atoms with Crippen molar-refractivity contribution in [3.05, 3.63) is 53.2 Å². The summed E-state index contributed by atoms with van der Waals surface area (Å²) < 4.78 is 11.4. The Kier molecular flexibility index (Phi) is 9.75. The van der Waals surface area contributed by atoms with Gasteiger partial charge in [-0.1, -0.05) is 30.3 Å². The number of anilines is 2. The summed E-state index contributed by atoms with van der Waals surface area (Å²) >= 11 is 0. The van der Waals surface area contributed by atoms with Gasteiger partial charge >= 0.3 is 6.01 Å². The summed E-state index contributed by atoms with van der Waals surface area (Å²) in [6.45, 7) is 6.84. The first kappa shape index (κ1) is 30.5. The highest BCUT2D eigenvalue weighted by atomic mass is 16.5. The van der Waals surface area contributed by atoms with Gasteiger partial charge in [0.15, 0.2) is 0 Å². The molecule has 1 saturated carbocycles. The van der Waals surface area contributed by atoms with Crippen molar-refractivity contribution in [1.29, 1.82) is 0 Å². The van der Waals surface area contributed by atoms with Crippen LogP contribution in [-0.4, -0.2) is 93.1 Å². The van der Waals surface area contributed by atoms with Crippen molar-refractivity contribution < 1.29 is 9.47 Å². The van der Waals surface area contributed by atoms with E-state index < -0.39 is 0 Å². The first-order chi connectivity index (χ1) is 21.5. The molecular formula is C35H47N7O2. The SMILES string of the molecule is COCCN=C=NC1CCC(N(C)c2nc(OCC3CCCN3C)nc3c2CCN(c2cccc4cccc(C)c24)C3)CC1. The molecule has 2 aliphatic heterocycles. The van der Waals surface area contributed by atoms with Gasteiger partial charge in [0.05, 0.1) is 37.4 Å². The fourth-order valence-corrected chi connectivity index (χ4v) is 7.14. The minimum atomic E-state index is 0.283. The molecular weight excluding hydrogens is 550 g/mol. The van der Waals surface area contributed by atoms with E-state index in [0.717, 1.165) is 69.7 Å². The van der Waals surface area contributed by atoms with Gasteiger partial charge in [-0.2, -0.15) is 9.97 Å². The van der Waals surface area contributed by atoms with Crippen LogP contribution >= 0.6 is 0 Å². The van der Waals surface area contributed by atoms with E-state index in [2.05, 4.69) is 88.1 Å². The van der Waals surface area contributed by atoms with Crippen LogP contribution < -0.4 is 14.5 Å². The van der Waals surface area contributed by atoms with Crippen LogP contribution in [0.4, 0.5) is 11.5 Å². The molecule has 2 aromatic carbocycles. The Morgan fingerprint density at radius 2 is 1.86 bits per heavy atom. The zero-order chi connectivity index (χ0) is 30.5. The number of benzene rings is 2. The summed E-state index contributed by atoms with van der Waals surface area (Å²) in [6, 6.07) is 17.7. The number of aryl methyl sites for hydroxylation is 1. The molecule has 3 aromatic rings. The van der Waals surface area contributed by atoms with Crippen molar-refractivity contribution in [3.8, 4) is 6.01 Å². The third-order valence-corrected chi connectivity index (χ3v) is 9.80. The quantitative estimate of drug-likeness (QED) is 0.224. The van der Waals surface area contributed by atoms with Crippen molar-refractivity contribution in [1.82, 2.24) is 14.9 Å². The molecule has 1 aromatic heterocycles. The standard InChI is InChI=1S/C35H47N7O2/c1-25-8-5-9-26-10-6-12-32(33(25)26)42-20-17-30-31(22-42)38-35(44-23-29-11-7-19-40(29)2)39-34(30)41(3)28-15-13-27(14-16-28)37-24-36-18-21-43-4/h5-6,8-10,12,27-29H,7,11,13-23H2,1-4H3. The minimum absolute atomic E-state index is 0.283. The Morgan fingerprint density at radius 3 is 2.64 bits per heavy atom. The van der Waals surface area contributed by atoms with Gasteiger partial charge in [-0.3, -0.25) is 0 Å². The second-order valence-corrected chi connectivity index (χ2v) is 12.6. The van der Waals surface area contributed by atoms with Crippen molar-refractivity contribution in [2.75, 3.05) is 63.9 Å². The maximum atomic E-state index is 6.37. The van der Waals surface area contributed by atoms with E-state index in [9.17, 15) is 0 Å². The number of methoxy groups -OCH3 is 1. The Labute approximate surface area is 262 Å². The van der Waals surface area contributed by atoms with E-state index in [1.54, 1.807) is 7.11 Å². The normalized spacial score (nSPS) is 22.0. The van der Waals surface area contributed by atoms with Crippen molar-refractivity contribution in [2.24, 2.45) is 9.98 Å². The highest BCUT2D eigenvalue weighted by Crippen LogP contribution is 2.37. The van der Waals surface area contributed by atoms with Gasteiger partial charge in [-0.15, -0.1) is 0 Å². The third-order valence-electron chi connectivity index (χ3n) is 9.80. The number of nitrogens with zero attached hydrogens (tertiary/aromatic N) is 7. The lowest BCUT2D eigenvalue weighted by Gasteiger charge is -2.37. The Morgan fingerprint density at radius 1 is 1.05 bits per heavy atom. The average molecular weight is 598 g/mol. The second kappa shape index (κ2) is 14.1. The number of hydrogen-bond acceptors (Lipinski definition) is 9. The molecule has 6 rings (SSSR count). The molecule has 234 valence electrons. The van der Waals surface area contributed by atoms with Crippen LogP contribution in [0.2, 0.25) is 0 Å². The molecule has 2 fully saturated rings. The summed E-state index contributed by atoms with van der Waals surface area (Å²) in [7, 11) is 6.08. The lowest BCUT2D eigenvalue weighted by atomic mass is 9.90. The van der Waals surface area contributed by atoms with E-state index in [-0.39, 0.29) is 6.04 Å². The molecule has 3 heterocycles. The van der Waals surface area contributed by atoms with Crippen LogP contribution in [0.1, 0.15) is 55.3 Å². The van der Waals surface area contributed by atoms with Gasteiger partial charge in [0.2, 0.25) is 0 Å². The van der Waals surface area contributed by atoms with Crippen LogP contribution in [-0.2, 0) is 17.7 Å². The second-order valence-electron chi connectivity index (χ2n) is 12.6. The zero-order valence-electron chi connectivity index (χ0n) is 26.8. The molecule has 1 unspecified atom stereocenters. The predicted molar refractivity (Wildman–Crippen MR) is 178 cm³/mol. The van der Waals surface area contributed by atoms with Crippen LogP contribution in [0.5, 0.6) is 6.01 Å². The summed E-state index contributed by atoms with van der Waals surface area (Å²) in [5.41, 5.74) is 4.92. The van der Waals surface area contributed by atoms with Gasteiger partial charge in [-0.05, 0) is 82.5 Å². The highest BCUT2D eigenvalue weighted by molar-refractivity contribution is 5.97. The molecule has 1 aliphatic carbocycles. The first-order valence-electron chi connectivity index (χ1n) is 16.3. The average Bonchev–Trinajstić information content (AvgIpc) is 3.47. The lowest BCUT2D eigenvalue weighted by Crippen LogP contribution is -2.39. The number of hydrogen-bond donors (Lipinski definition) is 0. The minimum Gasteiger partial charge on any atom is -0.462 e. The number of rotatable bonds is 10. The molecule has 9 nitrogen and oxygen atoms in total. The molecule has 1 saturated heterocycles. The third kappa shape index (κ3) is 6.75. The van der Waals surface area contributed by atoms with Gasteiger partial charge in [0.1, 0.15) is 12.4 Å². The molecule has 0 amide bonds. The lowest BCUT2D eigenvalue weighted by molar-refractivity contribution is 0.187. The summed E-state index contributed by atoms with van der Waals surface area (Å²) in [5.74, 6) is 1.03. The molecule has 44 heavy (non-hydrogen) atoms. The van der Waals surface area contributed by atoms with E-state index in [0.29, 0.717) is 37.9 Å². The van der Waals surface area contributed by atoms with Gasteiger partial charge in [0, 0.05) is 49.4 Å². The molecule has 0 spiro atoms. The summed E-state index contributed by atoms with van der Waals surface area (Å²) in [6.07, 6.45) is 7.46. The fourth-order valence-electron chi connectivity index (χ4n) is 7.14. The zero-order valence-corrected chi connectivity index (χ0v) is 26.8. The Hall–Kier alpha value is -3.52. The summed E-state index contributed by atoms with van der Waals surface area (Å²) in [4.78, 5) is 26.3. The maximum Gasteiger partial charge on any atom is 0.318 e. The topological polar surface area (TPSA) is 78.7 Å². The van der Waals surface area contributed by atoms with Crippen molar-refractivity contribution in [3.63, 3.8) is 0 Å². The Bertz CT molecular complexity index is 1490. The van der Waals surface area contributed by atoms with Crippen LogP contribution in [0.15, 0.2) is 46.4 Å². The molecule has 3 aliphatic rings. The van der Waals surface area contributed by atoms with E-state index in [1.807, 2.05) is 0 Å². The van der Waals surface area contributed by atoms with Gasteiger partial charge in [0.25, 0.3) is 0 Å². The number of fused-ring (bicyclic) bond motifs is 2. The van der Waals surface area contributed by atoms with Crippen molar-refractivity contribution >= 4 is 28.3 Å². The molecule has 9 heteroatoms. The van der Waals surface area contributed by atoms with Crippen molar-refractivity contribution in [2.45, 2.75) is 76.5 Å². The molecule has 1 atom stereocenters. The van der Waals surface area contributed by atoms with E-state index in [4.69, 9.17) is 19.4 Å². The number of likely N-dealkylation sites (tertiary alicyclic amines) is 1. The maximum absolute atomic E-state index is 6.37. The van der Waals surface area contributed by atoms with E-state index >= 15 is 0 Å². The number of likely N-dealkylation sites (N-methyl/N-ethyl adjacent to an activating group) is 1. The van der Waals surface area contributed by atoms with Crippen LogP contribution in [0, 0.1) is 6.92 Å². The van der Waals surface area contributed by atoms with Crippen LogP contribution in [0.3, 0.4) is 0 Å². The highest BCUT2D eigenvalue weighted by Gasteiger charge is 2.31. The largest absolute Gasteiger partial charge is 0.462 e. The smallest absolute Gasteiger partial charge is 0.318 e. The molecule has 0 N–H and O–H groups in total. The monoisotopic (exact) mass is 597 g/mol. The van der Waals surface area contributed by atoms with Crippen LogP contribution in [0.25, 0.3) is 10.8 Å². The van der Waals surface area contributed by atoms with Gasteiger partial charge < -0.3 is 24.2 Å². The summed E-state index contributed by atoms with van der Waals surface area (Å²) in [5, 5.41) is 2.61. The number of aromatic nitrogens is 2. The predicted octanol–water partition coefficient (Wildman–Crippen LogP) is 5.54. The fraction of sp³-hybridized carbons (Fsp3) is 0.571. The first-order valence-corrected chi connectivity index (χ1v) is 16.3. The molecule has 0 bridgehead atoms. The Balaban J connectivity index is 1.24.